The summed E-state index contributed by atoms with van der Waals surface area (Å²) in [5.41, 5.74) is 10.7. The van der Waals surface area contributed by atoms with Crippen molar-refractivity contribution >= 4 is 5.82 Å². The summed E-state index contributed by atoms with van der Waals surface area (Å²) in [7, 11) is 1.90. The summed E-state index contributed by atoms with van der Waals surface area (Å²) in [5, 5.41) is 4.54. The van der Waals surface area contributed by atoms with Gasteiger partial charge >= 0.3 is 0 Å². The summed E-state index contributed by atoms with van der Waals surface area (Å²) in [6.07, 6.45) is 0.953. The number of hydrogen-bond donors (Lipinski definition) is 1. The van der Waals surface area contributed by atoms with E-state index in [-0.39, 0.29) is 0 Å². The molecule has 0 unspecified atom stereocenters. The number of benzene rings is 1. The quantitative estimate of drug-likeness (QED) is 0.899. The monoisotopic (exact) mass is 243 g/mol. The highest BCUT2D eigenvalue weighted by Crippen LogP contribution is 2.30. The maximum atomic E-state index is 6.15. The Hall–Kier alpha value is -1.77. The molecule has 3 heteroatoms. The van der Waals surface area contributed by atoms with Crippen molar-refractivity contribution < 1.29 is 0 Å². The standard InChI is InChI=1S/C15H21N3/c1-10(2)9-13-14(15(16)18(4)17-13)12-7-5-11(3)6-8-12/h5-8,10H,9,16H2,1-4H3. The van der Waals surface area contributed by atoms with Gasteiger partial charge in [0.05, 0.1) is 5.69 Å². The van der Waals surface area contributed by atoms with Crippen LogP contribution in [0.15, 0.2) is 24.3 Å². The van der Waals surface area contributed by atoms with Gasteiger partial charge in [0.2, 0.25) is 0 Å². The average Bonchev–Trinajstić information content (AvgIpc) is 2.55. The van der Waals surface area contributed by atoms with Gasteiger partial charge in [-0.05, 0) is 24.8 Å². The van der Waals surface area contributed by atoms with Crippen LogP contribution in [0.3, 0.4) is 0 Å². The summed E-state index contributed by atoms with van der Waals surface area (Å²) in [6, 6.07) is 8.46. The minimum Gasteiger partial charge on any atom is -0.383 e. The van der Waals surface area contributed by atoms with E-state index in [1.807, 2.05) is 7.05 Å². The van der Waals surface area contributed by atoms with Gasteiger partial charge < -0.3 is 5.73 Å². The third-order valence-corrected chi connectivity index (χ3v) is 3.11. The first kappa shape index (κ1) is 12.7. The van der Waals surface area contributed by atoms with E-state index in [1.54, 1.807) is 4.68 Å². The second-order valence-electron chi connectivity index (χ2n) is 5.29. The van der Waals surface area contributed by atoms with E-state index in [0.717, 1.165) is 29.1 Å². The molecule has 0 radical (unpaired) electrons. The molecule has 1 aromatic heterocycles. The lowest BCUT2D eigenvalue weighted by molar-refractivity contribution is 0.622. The topological polar surface area (TPSA) is 43.8 Å². The molecule has 18 heavy (non-hydrogen) atoms. The van der Waals surface area contributed by atoms with Crippen molar-refractivity contribution in [2.75, 3.05) is 5.73 Å². The first-order chi connectivity index (χ1) is 8.49. The molecular formula is C15H21N3. The van der Waals surface area contributed by atoms with Gasteiger partial charge in [-0.25, -0.2) is 0 Å². The lowest BCUT2D eigenvalue weighted by atomic mass is 9.99. The van der Waals surface area contributed by atoms with Crippen LogP contribution in [0.1, 0.15) is 25.1 Å². The molecule has 1 aromatic carbocycles. The Morgan fingerprint density at radius 3 is 2.39 bits per heavy atom. The number of aryl methyl sites for hydroxylation is 2. The van der Waals surface area contributed by atoms with Gasteiger partial charge in [-0.15, -0.1) is 0 Å². The predicted octanol–water partition coefficient (Wildman–Crippen LogP) is 3.18. The third-order valence-electron chi connectivity index (χ3n) is 3.11. The van der Waals surface area contributed by atoms with Gasteiger partial charge in [0.25, 0.3) is 0 Å². The highest BCUT2D eigenvalue weighted by Gasteiger charge is 2.16. The van der Waals surface area contributed by atoms with E-state index in [0.29, 0.717) is 5.92 Å². The van der Waals surface area contributed by atoms with Crippen molar-refractivity contribution in [2.45, 2.75) is 27.2 Å². The molecule has 0 spiro atoms. The summed E-state index contributed by atoms with van der Waals surface area (Å²) >= 11 is 0. The number of nitrogen functional groups attached to an aromatic ring is 1. The maximum Gasteiger partial charge on any atom is 0.129 e. The fourth-order valence-corrected chi connectivity index (χ4v) is 2.16. The molecule has 0 amide bonds. The van der Waals surface area contributed by atoms with Crippen molar-refractivity contribution in [1.29, 1.82) is 0 Å². The van der Waals surface area contributed by atoms with Gasteiger partial charge in [-0.1, -0.05) is 43.7 Å². The zero-order chi connectivity index (χ0) is 13.3. The van der Waals surface area contributed by atoms with Crippen molar-refractivity contribution in [1.82, 2.24) is 9.78 Å². The summed E-state index contributed by atoms with van der Waals surface area (Å²) in [6.45, 7) is 6.49. The molecule has 0 aliphatic heterocycles. The second kappa shape index (κ2) is 4.84. The molecule has 0 fully saturated rings. The van der Waals surface area contributed by atoms with E-state index in [9.17, 15) is 0 Å². The highest BCUT2D eigenvalue weighted by molar-refractivity contribution is 5.76. The molecule has 2 rings (SSSR count). The summed E-state index contributed by atoms with van der Waals surface area (Å²) < 4.78 is 1.77. The lowest BCUT2D eigenvalue weighted by Crippen LogP contribution is -1.98. The molecule has 96 valence electrons. The third kappa shape index (κ3) is 2.40. The molecule has 0 aliphatic rings. The first-order valence-electron chi connectivity index (χ1n) is 6.37. The largest absolute Gasteiger partial charge is 0.383 e. The van der Waals surface area contributed by atoms with Crippen LogP contribution >= 0.6 is 0 Å². The number of rotatable bonds is 3. The van der Waals surface area contributed by atoms with Crippen molar-refractivity contribution in [2.24, 2.45) is 13.0 Å². The van der Waals surface area contributed by atoms with Crippen LogP contribution in [-0.4, -0.2) is 9.78 Å². The first-order valence-corrected chi connectivity index (χ1v) is 6.37. The van der Waals surface area contributed by atoms with Gasteiger partial charge in [0.1, 0.15) is 5.82 Å². The second-order valence-corrected chi connectivity index (χ2v) is 5.29. The number of hydrogen-bond acceptors (Lipinski definition) is 2. The molecule has 0 bridgehead atoms. The fraction of sp³-hybridized carbons (Fsp3) is 0.400. The van der Waals surface area contributed by atoms with E-state index in [4.69, 9.17) is 5.73 Å². The summed E-state index contributed by atoms with van der Waals surface area (Å²) in [5.74, 6) is 1.32. The van der Waals surface area contributed by atoms with Gasteiger partial charge in [0, 0.05) is 12.6 Å². The zero-order valence-electron chi connectivity index (χ0n) is 11.6. The molecule has 0 aliphatic carbocycles. The Balaban J connectivity index is 2.51. The Labute approximate surface area is 109 Å². The summed E-state index contributed by atoms with van der Waals surface area (Å²) in [4.78, 5) is 0. The zero-order valence-corrected chi connectivity index (χ0v) is 11.6. The molecule has 2 aromatic rings. The SMILES string of the molecule is Cc1ccc(-c2c(CC(C)C)nn(C)c2N)cc1. The van der Waals surface area contributed by atoms with E-state index in [2.05, 4.69) is 50.1 Å². The Morgan fingerprint density at radius 1 is 1.22 bits per heavy atom. The van der Waals surface area contributed by atoms with Gasteiger partial charge in [-0.2, -0.15) is 5.10 Å². The molecule has 3 nitrogen and oxygen atoms in total. The van der Waals surface area contributed by atoms with Crippen molar-refractivity contribution in [3.63, 3.8) is 0 Å². The predicted molar refractivity (Wildman–Crippen MR) is 76.3 cm³/mol. The van der Waals surface area contributed by atoms with Crippen molar-refractivity contribution in [3.8, 4) is 11.1 Å². The van der Waals surface area contributed by atoms with Crippen LogP contribution in [0.5, 0.6) is 0 Å². The molecule has 0 saturated heterocycles. The van der Waals surface area contributed by atoms with Crippen LogP contribution in [0, 0.1) is 12.8 Å². The molecule has 0 saturated carbocycles. The van der Waals surface area contributed by atoms with Crippen LogP contribution in [-0.2, 0) is 13.5 Å². The maximum absolute atomic E-state index is 6.15. The number of nitrogens with two attached hydrogens (primary N) is 1. The van der Waals surface area contributed by atoms with E-state index < -0.39 is 0 Å². The number of aromatic nitrogens is 2. The number of anilines is 1. The van der Waals surface area contributed by atoms with Gasteiger partial charge in [0.15, 0.2) is 0 Å². The Kier molecular flexibility index (Phi) is 3.41. The minimum atomic E-state index is 0.573. The minimum absolute atomic E-state index is 0.573. The highest BCUT2D eigenvalue weighted by atomic mass is 15.3. The van der Waals surface area contributed by atoms with Crippen LogP contribution < -0.4 is 5.73 Å². The Morgan fingerprint density at radius 2 is 1.83 bits per heavy atom. The lowest BCUT2D eigenvalue weighted by Gasteiger charge is -2.06. The van der Waals surface area contributed by atoms with Crippen molar-refractivity contribution in [3.05, 3.63) is 35.5 Å². The molecule has 0 atom stereocenters. The smallest absolute Gasteiger partial charge is 0.129 e. The molecule has 1 heterocycles. The van der Waals surface area contributed by atoms with Crippen LogP contribution in [0.2, 0.25) is 0 Å². The average molecular weight is 243 g/mol. The van der Waals surface area contributed by atoms with Crippen LogP contribution in [0.25, 0.3) is 11.1 Å². The fourth-order valence-electron chi connectivity index (χ4n) is 2.16. The van der Waals surface area contributed by atoms with E-state index >= 15 is 0 Å². The van der Waals surface area contributed by atoms with E-state index in [1.165, 1.54) is 5.56 Å². The van der Waals surface area contributed by atoms with Gasteiger partial charge in [-0.3, -0.25) is 4.68 Å². The normalized spacial score (nSPS) is 11.2. The van der Waals surface area contributed by atoms with Crippen LogP contribution in [0.4, 0.5) is 5.82 Å². The Bertz CT molecular complexity index is 536. The molecular weight excluding hydrogens is 222 g/mol. The number of nitrogens with zero attached hydrogens (tertiary/aromatic N) is 2. The molecule has 2 N–H and O–H groups in total.